The van der Waals surface area contributed by atoms with E-state index in [-0.39, 0.29) is 11.8 Å². The maximum absolute atomic E-state index is 11.9. The zero-order chi connectivity index (χ0) is 14.9. The maximum Gasteiger partial charge on any atom is 0.237 e. The number of benzene rings is 1. The van der Waals surface area contributed by atoms with Crippen LogP contribution in [0.15, 0.2) is 30.3 Å². The van der Waals surface area contributed by atoms with Crippen molar-refractivity contribution in [3.05, 3.63) is 35.9 Å². The van der Waals surface area contributed by atoms with Crippen molar-refractivity contribution >= 4 is 5.91 Å². The standard InChI is InChI=1S/C16H24N2O3/c17-15(14-6-9-20-10-7-14)16(19)18-8-11-21-12-13-4-2-1-3-5-13/h1-5,14-15H,6-12,17H2,(H,18,19). The molecule has 1 fully saturated rings. The summed E-state index contributed by atoms with van der Waals surface area (Å²) in [6.07, 6.45) is 1.72. The van der Waals surface area contributed by atoms with Crippen LogP contribution in [0.2, 0.25) is 0 Å². The molecule has 1 saturated heterocycles. The van der Waals surface area contributed by atoms with Gasteiger partial charge in [0.25, 0.3) is 0 Å². The molecule has 0 radical (unpaired) electrons. The molecule has 1 amide bonds. The van der Waals surface area contributed by atoms with E-state index in [9.17, 15) is 4.79 Å². The molecule has 2 rings (SSSR count). The quantitative estimate of drug-likeness (QED) is 0.737. The van der Waals surface area contributed by atoms with Gasteiger partial charge in [-0.3, -0.25) is 4.79 Å². The second kappa shape index (κ2) is 8.77. The first-order chi connectivity index (χ1) is 10.3. The van der Waals surface area contributed by atoms with E-state index in [0.29, 0.717) is 33.0 Å². The van der Waals surface area contributed by atoms with E-state index in [1.54, 1.807) is 0 Å². The van der Waals surface area contributed by atoms with Crippen molar-refractivity contribution in [2.24, 2.45) is 11.7 Å². The summed E-state index contributed by atoms with van der Waals surface area (Å²) in [6.45, 7) is 2.93. The third kappa shape index (κ3) is 5.46. The summed E-state index contributed by atoms with van der Waals surface area (Å²) in [4.78, 5) is 11.9. The number of rotatable bonds is 7. The minimum atomic E-state index is -0.442. The fourth-order valence-corrected chi connectivity index (χ4v) is 2.42. The lowest BCUT2D eigenvalue weighted by molar-refractivity contribution is -0.124. The Bertz CT molecular complexity index is 419. The summed E-state index contributed by atoms with van der Waals surface area (Å²) in [5.41, 5.74) is 7.12. The molecule has 1 atom stereocenters. The lowest BCUT2D eigenvalue weighted by Gasteiger charge is -2.26. The summed E-state index contributed by atoms with van der Waals surface area (Å²) < 4.78 is 10.8. The van der Waals surface area contributed by atoms with Gasteiger partial charge in [0.15, 0.2) is 0 Å². The Morgan fingerprint density at radius 2 is 2.05 bits per heavy atom. The summed E-state index contributed by atoms with van der Waals surface area (Å²) >= 11 is 0. The van der Waals surface area contributed by atoms with Crippen molar-refractivity contribution in [3.8, 4) is 0 Å². The van der Waals surface area contributed by atoms with E-state index in [1.165, 1.54) is 0 Å². The van der Waals surface area contributed by atoms with Gasteiger partial charge >= 0.3 is 0 Å². The molecule has 3 N–H and O–H groups in total. The predicted molar refractivity (Wildman–Crippen MR) is 80.6 cm³/mol. The lowest BCUT2D eigenvalue weighted by atomic mass is 9.92. The molecule has 0 aliphatic carbocycles. The van der Waals surface area contributed by atoms with E-state index in [4.69, 9.17) is 15.2 Å². The molecule has 0 spiro atoms. The Morgan fingerprint density at radius 1 is 1.33 bits per heavy atom. The molecule has 1 aromatic carbocycles. The molecule has 116 valence electrons. The van der Waals surface area contributed by atoms with E-state index >= 15 is 0 Å². The predicted octanol–water partition coefficient (Wildman–Crippen LogP) is 1.07. The molecular formula is C16H24N2O3. The Hall–Kier alpha value is -1.43. The molecule has 1 aliphatic rings. The van der Waals surface area contributed by atoms with Crippen LogP contribution in [0, 0.1) is 5.92 Å². The molecule has 0 aromatic heterocycles. The number of carbonyl (C=O) groups excluding carboxylic acids is 1. The van der Waals surface area contributed by atoms with Gasteiger partial charge in [-0.15, -0.1) is 0 Å². The van der Waals surface area contributed by atoms with Gasteiger partial charge in [0.05, 0.1) is 19.3 Å². The third-order valence-corrected chi connectivity index (χ3v) is 3.73. The zero-order valence-electron chi connectivity index (χ0n) is 12.3. The number of hydrogen-bond acceptors (Lipinski definition) is 4. The minimum Gasteiger partial charge on any atom is -0.381 e. The van der Waals surface area contributed by atoms with Crippen LogP contribution in [0.3, 0.4) is 0 Å². The average molecular weight is 292 g/mol. The fraction of sp³-hybridized carbons (Fsp3) is 0.562. The van der Waals surface area contributed by atoms with E-state index in [1.807, 2.05) is 30.3 Å². The Labute approximate surface area is 125 Å². The molecule has 21 heavy (non-hydrogen) atoms. The second-order valence-corrected chi connectivity index (χ2v) is 5.30. The maximum atomic E-state index is 11.9. The summed E-state index contributed by atoms with van der Waals surface area (Å²) in [6, 6.07) is 9.52. The Kier molecular flexibility index (Phi) is 6.66. The first-order valence-corrected chi connectivity index (χ1v) is 7.50. The van der Waals surface area contributed by atoms with Crippen LogP contribution in [0.4, 0.5) is 0 Å². The lowest BCUT2D eigenvalue weighted by Crippen LogP contribution is -2.47. The molecule has 1 aromatic rings. The number of carbonyl (C=O) groups is 1. The van der Waals surface area contributed by atoms with Gasteiger partial charge in [-0.05, 0) is 24.3 Å². The Morgan fingerprint density at radius 3 is 2.76 bits per heavy atom. The molecular weight excluding hydrogens is 268 g/mol. The normalized spacial score (nSPS) is 17.4. The van der Waals surface area contributed by atoms with Gasteiger partial charge in [0.2, 0.25) is 5.91 Å². The number of hydrogen-bond donors (Lipinski definition) is 2. The van der Waals surface area contributed by atoms with Crippen LogP contribution in [-0.4, -0.2) is 38.3 Å². The number of nitrogens with two attached hydrogens (primary N) is 1. The van der Waals surface area contributed by atoms with Crippen LogP contribution < -0.4 is 11.1 Å². The number of nitrogens with one attached hydrogen (secondary N) is 1. The largest absolute Gasteiger partial charge is 0.381 e. The average Bonchev–Trinajstić information content (AvgIpc) is 2.55. The minimum absolute atomic E-state index is 0.0924. The fourth-order valence-electron chi connectivity index (χ4n) is 2.42. The second-order valence-electron chi connectivity index (χ2n) is 5.30. The molecule has 0 saturated carbocycles. The highest BCUT2D eigenvalue weighted by atomic mass is 16.5. The highest BCUT2D eigenvalue weighted by Gasteiger charge is 2.26. The smallest absolute Gasteiger partial charge is 0.237 e. The summed E-state index contributed by atoms with van der Waals surface area (Å²) in [5, 5.41) is 2.84. The van der Waals surface area contributed by atoms with Crippen molar-refractivity contribution in [2.75, 3.05) is 26.4 Å². The van der Waals surface area contributed by atoms with Crippen molar-refractivity contribution in [2.45, 2.75) is 25.5 Å². The van der Waals surface area contributed by atoms with Gasteiger partial charge in [-0.25, -0.2) is 0 Å². The molecule has 1 heterocycles. The van der Waals surface area contributed by atoms with Gasteiger partial charge in [-0.1, -0.05) is 30.3 Å². The topological polar surface area (TPSA) is 73.6 Å². The van der Waals surface area contributed by atoms with Crippen LogP contribution in [0.25, 0.3) is 0 Å². The van der Waals surface area contributed by atoms with Crippen molar-refractivity contribution in [1.29, 1.82) is 0 Å². The summed E-state index contributed by atoms with van der Waals surface area (Å²) in [7, 11) is 0. The van der Waals surface area contributed by atoms with E-state index < -0.39 is 6.04 Å². The first kappa shape index (κ1) is 15.9. The highest BCUT2D eigenvalue weighted by molar-refractivity contribution is 5.81. The molecule has 0 bridgehead atoms. The number of ether oxygens (including phenoxy) is 2. The van der Waals surface area contributed by atoms with Crippen LogP contribution in [-0.2, 0) is 20.9 Å². The zero-order valence-corrected chi connectivity index (χ0v) is 12.3. The molecule has 1 aliphatic heterocycles. The van der Waals surface area contributed by atoms with Crippen LogP contribution >= 0.6 is 0 Å². The van der Waals surface area contributed by atoms with E-state index in [0.717, 1.165) is 18.4 Å². The first-order valence-electron chi connectivity index (χ1n) is 7.50. The van der Waals surface area contributed by atoms with Crippen molar-refractivity contribution in [1.82, 2.24) is 5.32 Å². The van der Waals surface area contributed by atoms with Gasteiger partial charge < -0.3 is 20.5 Å². The van der Waals surface area contributed by atoms with Gasteiger partial charge in [0, 0.05) is 19.8 Å². The van der Waals surface area contributed by atoms with E-state index in [2.05, 4.69) is 5.32 Å². The highest BCUT2D eigenvalue weighted by Crippen LogP contribution is 2.17. The molecule has 5 heteroatoms. The molecule has 5 nitrogen and oxygen atoms in total. The van der Waals surface area contributed by atoms with Crippen LogP contribution in [0.5, 0.6) is 0 Å². The van der Waals surface area contributed by atoms with Crippen molar-refractivity contribution < 1.29 is 14.3 Å². The van der Waals surface area contributed by atoms with Gasteiger partial charge in [0.1, 0.15) is 0 Å². The number of amides is 1. The molecule has 1 unspecified atom stereocenters. The monoisotopic (exact) mass is 292 g/mol. The summed E-state index contributed by atoms with van der Waals surface area (Å²) in [5.74, 6) is 0.134. The van der Waals surface area contributed by atoms with Crippen molar-refractivity contribution in [3.63, 3.8) is 0 Å². The Balaban J connectivity index is 1.58. The SMILES string of the molecule is NC(C(=O)NCCOCc1ccccc1)C1CCOCC1. The van der Waals surface area contributed by atoms with Gasteiger partial charge in [-0.2, -0.15) is 0 Å². The third-order valence-electron chi connectivity index (χ3n) is 3.73. The van der Waals surface area contributed by atoms with Crippen LogP contribution in [0.1, 0.15) is 18.4 Å².